The fraction of sp³-hybridized carbons (Fsp3) is 0.333. The largest absolute Gasteiger partial charge is 0.482 e. The number of nitrogens with zero attached hydrogens (tertiary/aromatic N) is 3. The highest BCUT2D eigenvalue weighted by molar-refractivity contribution is 7.71. The molecule has 2 aromatic rings. The predicted octanol–water partition coefficient (Wildman–Crippen LogP) is 4.18. The lowest BCUT2D eigenvalue weighted by Crippen LogP contribution is -2.33. The van der Waals surface area contributed by atoms with Gasteiger partial charge in [0.25, 0.3) is 19.2 Å². The van der Waals surface area contributed by atoms with Crippen LogP contribution in [0.15, 0.2) is 71.6 Å². The summed E-state index contributed by atoms with van der Waals surface area (Å²) >= 11 is 0. The Hall–Kier alpha value is -4.27. The van der Waals surface area contributed by atoms with Crippen LogP contribution in [0.4, 0.5) is 5.69 Å². The molecule has 2 aliphatic heterocycles. The zero-order valence-electron chi connectivity index (χ0n) is 25.4. The third kappa shape index (κ3) is 5.79. The SMILES string of the molecule is CCN(CC)c1ccc2c(c1)P(=O)(O)C1=CC(=[N+](CC)CC)C=CC1=C2c1ccc(OCC(=O)ON2C(=O)CCC2=O)cc1. The van der Waals surface area contributed by atoms with Gasteiger partial charge in [0.05, 0.1) is 10.6 Å². The molecule has 2 amide bonds. The minimum atomic E-state index is -3.95. The van der Waals surface area contributed by atoms with Crippen LogP contribution in [-0.2, 0) is 23.8 Å². The van der Waals surface area contributed by atoms with Gasteiger partial charge in [0.2, 0.25) is 5.71 Å². The van der Waals surface area contributed by atoms with Gasteiger partial charge in [0, 0.05) is 43.8 Å². The number of hydrogen-bond donors (Lipinski definition) is 1. The second-order valence-corrected chi connectivity index (χ2v) is 12.7. The topological polar surface area (TPSA) is 116 Å². The number of benzene rings is 2. The number of anilines is 1. The number of hydrogen-bond acceptors (Lipinski definition) is 7. The Morgan fingerprint density at radius 2 is 1.64 bits per heavy atom. The van der Waals surface area contributed by atoms with E-state index in [1.54, 1.807) is 12.1 Å². The van der Waals surface area contributed by atoms with E-state index in [9.17, 15) is 23.8 Å². The number of ether oxygens (including phenoxy) is 1. The fourth-order valence-corrected chi connectivity index (χ4v) is 7.67. The van der Waals surface area contributed by atoms with E-state index in [-0.39, 0.29) is 12.8 Å². The Morgan fingerprint density at radius 3 is 2.25 bits per heavy atom. The van der Waals surface area contributed by atoms with Gasteiger partial charge in [-0.3, -0.25) is 14.2 Å². The molecule has 1 atom stereocenters. The summed E-state index contributed by atoms with van der Waals surface area (Å²) in [5, 5.41) is 1.28. The maximum Gasteiger partial charge on any atom is 0.370 e. The fourth-order valence-electron chi connectivity index (χ4n) is 5.77. The van der Waals surface area contributed by atoms with Gasteiger partial charge in [-0.2, -0.15) is 0 Å². The molecule has 1 unspecified atom stereocenters. The van der Waals surface area contributed by atoms with Gasteiger partial charge in [0.15, 0.2) is 6.61 Å². The first kappa shape index (κ1) is 31.2. The smallest absolute Gasteiger partial charge is 0.370 e. The lowest BCUT2D eigenvalue weighted by molar-refractivity contribution is -0.519. The summed E-state index contributed by atoms with van der Waals surface area (Å²) in [6, 6.07) is 12.8. The molecule has 11 heteroatoms. The van der Waals surface area contributed by atoms with Crippen LogP contribution in [0.3, 0.4) is 0 Å². The third-order valence-corrected chi connectivity index (χ3v) is 10.2. The molecule has 0 radical (unpaired) electrons. The molecule has 0 aromatic heterocycles. The van der Waals surface area contributed by atoms with E-state index in [1.165, 1.54) is 0 Å². The number of amides is 2. The lowest BCUT2D eigenvalue weighted by Gasteiger charge is -2.31. The summed E-state index contributed by atoms with van der Waals surface area (Å²) in [5.74, 6) is -1.60. The van der Waals surface area contributed by atoms with Crippen molar-refractivity contribution >= 4 is 47.4 Å². The van der Waals surface area contributed by atoms with Crippen LogP contribution >= 0.6 is 7.37 Å². The van der Waals surface area contributed by atoms with Gasteiger partial charge in [0.1, 0.15) is 18.8 Å². The zero-order valence-corrected chi connectivity index (χ0v) is 26.3. The van der Waals surface area contributed by atoms with E-state index >= 15 is 0 Å². The maximum absolute atomic E-state index is 14.3. The highest BCUT2D eigenvalue weighted by Crippen LogP contribution is 2.59. The molecule has 1 fully saturated rings. The predicted molar refractivity (Wildman–Crippen MR) is 168 cm³/mol. The van der Waals surface area contributed by atoms with Crippen molar-refractivity contribution in [1.82, 2.24) is 5.06 Å². The summed E-state index contributed by atoms with van der Waals surface area (Å²) in [4.78, 5) is 54.4. The molecule has 3 aliphatic rings. The van der Waals surface area contributed by atoms with Crippen LogP contribution in [0.5, 0.6) is 5.75 Å². The van der Waals surface area contributed by atoms with Gasteiger partial charge in [-0.15, -0.1) is 5.06 Å². The molecule has 0 bridgehead atoms. The monoisotopic (exact) mass is 618 g/mol. The first-order valence-electron chi connectivity index (χ1n) is 14.9. The van der Waals surface area contributed by atoms with Crippen molar-refractivity contribution in [2.75, 3.05) is 37.7 Å². The van der Waals surface area contributed by atoms with Gasteiger partial charge in [-0.25, -0.2) is 9.37 Å². The summed E-state index contributed by atoms with van der Waals surface area (Å²) < 4.78 is 22.0. The molecule has 1 N–H and O–H groups in total. The molecular weight excluding hydrogens is 581 g/mol. The highest BCUT2D eigenvalue weighted by Gasteiger charge is 2.41. The van der Waals surface area contributed by atoms with E-state index < -0.39 is 31.8 Å². The second-order valence-electron chi connectivity index (χ2n) is 10.6. The standard InChI is InChI=1S/C33H36N3O7P/c1-5-34(6-2)23-11-15-26-28(19-23)44(40,41)29-20-24(35(7-3)8-4)12-16-27(29)33(26)22-9-13-25(14-10-22)42-21-32(39)43-36-30(37)17-18-31(36)38/h9-16,19-20H,5-8,17-18,21H2,1-4H3/p+1. The molecule has 44 heavy (non-hydrogen) atoms. The van der Waals surface area contributed by atoms with Gasteiger partial charge < -0.3 is 19.4 Å². The Bertz CT molecular complexity index is 1660. The van der Waals surface area contributed by atoms with E-state index in [4.69, 9.17) is 9.57 Å². The van der Waals surface area contributed by atoms with Crippen LogP contribution in [0.1, 0.15) is 51.7 Å². The van der Waals surface area contributed by atoms with E-state index in [1.807, 2.05) is 48.6 Å². The molecule has 0 saturated carbocycles. The molecule has 0 spiro atoms. The number of carbonyl (C=O) groups is 3. The van der Waals surface area contributed by atoms with Crippen molar-refractivity contribution in [2.45, 2.75) is 40.5 Å². The van der Waals surface area contributed by atoms with Crippen LogP contribution < -0.4 is 14.9 Å². The van der Waals surface area contributed by atoms with Crippen LogP contribution in [0.2, 0.25) is 0 Å². The Kier molecular flexibility index (Phi) is 9.04. The molecular formula is C33H37N3O7P+. The molecule has 1 aliphatic carbocycles. The zero-order chi connectivity index (χ0) is 31.6. The van der Waals surface area contributed by atoms with Crippen molar-refractivity contribution < 1.29 is 38.0 Å². The van der Waals surface area contributed by atoms with Crippen molar-refractivity contribution in [3.05, 3.63) is 82.7 Å². The Labute approximate surface area is 257 Å². The maximum atomic E-state index is 14.3. The summed E-state index contributed by atoms with van der Waals surface area (Å²) in [5.41, 5.74) is 4.78. The third-order valence-electron chi connectivity index (χ3n) is 8.11. The molecule has 230 valence electrons. The number of imide groups is 1. The second kappa shape index (κ2) is 12.8. The number of carbonyl (C=O) groups excluding carboxylic acids is 3. The number of hydroxylamine groups is 2. The normalized spacial score (nSPS) is 19.1. The van der Waals surface area contributed by atoms with Crippen LogP contribution in [0.25, 0.3) is 5.57 Å². The van der Waals surface area contributed by atoms with Crippen molar-refractivity contribution in [3.63, 3.8) is 0 Å². The van der Waals surface area contributed by atoms with Gasteiger partial charge in [-0.05, 0) is 80.3 Å². The quantitative estimate of drug-likeness (QED) is 0.240. The Morgan fingerprint density at radius 1 is 0.977 bits per heavy atom. The van der Waals surface area contributed by atoms with E-state index in [0.29, 0.717) is 32.6 Å². The van der Waals surface area contributed by atoms with E-state index in [0.717, 1.165) is 48.7 Å². The number of allylic oxidation sites excluding steroid dienone is 5. The summed E-state index contributed by atoms with van der Waals surface area (Å²) in [7, 11) is -3.95. The van der Waals surface area contributed by atoms with Crippen LogP contribution in [-0.4, -0.2) is 70.8 Å². The highest BCUT2D eigenvalue weighted by atomic mass is 31.2. The number of rotatable bonds is 10. The first-order valence-corrected chi connectivity index (χ1v) is 16.6. The molecule has 5 rings (SSSR count). The summed E-state index contributed by atoms with van der Waals surface area (Å²) in [6.07, 6.45) is 5.77. The van der Waals surface area contributed by atoms with E-state index in [2.05, 4.69) is 37.2 Å². The summed E-state index contributed by atoms with van der Waals surface area (Å²) in [6.45, 7) is 10.8. The molecule has 2 aromatic carbocycles. The Balaban J connectivity index is 1.51. The molecule has 2 heterocycles. The minimum Gasteiger partial charge on any atom is -0.482 e. The number of fused-ring (bicyclic) bond motifs is 2. The molecule has 10 nitrogen and oxygen atoms in total. The minimum absolute atomic E-state index is 0.0127. The van der Waals surface area contributed by atoms with Crippen molar-refractivity contribution in [2.24, 2.45) is 0 Å². The van der Waals surface area contributed by atoms with Crippen LogP contribution in [0, 0.1) is 0 Å². The lowest BCUT2D eigenvalue weighted by atomic mass is 9.89. The molecule has 1 saturated heterocycles. The van der Waals surface area contributed by atoms with Gasteiger partial charge in [-0.1, -0.05) is 18.2 Å². The van der Waals surface area contributed by atoms with Crippen molar-refractivity contribution in [1.29, 1.82) is 0 Å². The average molecular weight is 619 g/mol. The van der Waals surface area contributed by atoms with Crippen molar-refractivity contribution in [3.8, 4) is 5.75 Å². The first-order chi connectivity index (χ1) is 21.1. The average Bonchev–Trinajstić information content (AvgIpc) is 3.34. The van der Waals surface area contributed by atoms with Gasteiger partial charge >= 0.3 is 5.97 Å².